The normalized spacial score (nSPS) is 12.3. The quantitative estimate of drug-likeness (QED) is 0.585. The second-order valence-corrected chi connectivity index (χ2v) is 7.27. The summed E-state index contributed by atoms with van der Waals surface area (Å²) in [5, 5.41) is 11.2. The van der Waals surface area contributed by atoms with Crippen molar-refractivity contribution in [3.63, 3.8) is 0 Å². The van der Waals surface area contributed by atoms with E-state index in [4.69, 9.17) is 5.73 Å². The van der Waals surface area contributed by atoms with E-state index in [1.807, 2.05) is 6.07 Å². The molecule has 2 aromatic carbocycles. The second-order valence-electron chi connectivity index (χ2n) is 5.53. The number of rotatable bonds is 6. The molecule has 0 saturated heterocycles. The molecule has 0 heterocycles. The molecule has 0 aliphatic heterocycles. The third-order valence-electron chi connectivity index (χ3n) is 3.78. The van der Waals surface area contributed by atoms with Crippen LogP contribution in [0.25, 0.3) is 0 Å². The van der Waals surface area contributed by atoms with Crippen LogP contribution in [0.2, 0.25) is 0 Å². The highest BCUT2D eigenvalue weighted by Crippen LogP contribution is 2.27. The van der Waals surface area contributed by atoms with Gasteiger partial charge in [-0.25, -0.2) is 13.1 Å². The predicted octanol–water partition coefficient (Wildman–Crippen LogP) is 2.61. The first-order valence-electron chi connectivity index (χ1n) is 7.28. The van der Waals surface area contributed by atoms with E-state index in [0.717, 1.165) is 5.56 Å². The number of nitrogens with two attached hydrogens (primary N) is 1. The molecule has 7 nitrogen and oxygen atoms in total. The van der Waals surface area contributed by atoms with Crippen LogP contribution in [0.4, 0.5) is 5.69 Å². The number of sulfonamides is 1. The summed E-state index contributed by atoms with van der Waals surface area (Å²) in [7, 11) is -4.05. The van der Waals surface area contributed by atoms with Gasteiger partial charge in [-0.15, -0.1) is 12.4 Å². The van der Waals surface area contributed by atoms with Crippen LogP contribution in [-0.4, -0.2) is 19.9 Å². The summed E-state index contributed by atoms with van der Waals surface area (Å²) in [6.45, 7) is 3.34. The van der Waals surface area contributed by atoms with Crippen molar-refractivity contribution in [2.75, 3.05) is 6.54 Å². The molecule has 1 unspecified atom stereocenters. The fourth-order valence-electron chi connectivity index (χ4n) is 2.23. The third-order valence-corrected chi connectivity index (χ3v) is 5.24. The lowest BCUT2D eigenvalue weighted by molar-refractivity contribution is -0.387. The van der Waals surface area contributed by atoms with Crippen LogP contribution in [0.15, 0.2) is 47.4 Å². The Morgan fingerprint density at radius 1 is 1.16 bits per heavy atom. The molecule has 3 N–H and O–H groups in total. The van der Waals surface area contributed by atoms with Gasteiger partial charge in [-0.3, -0.25) is 10.1 Å². The highest BCUT2D eigenvalue weighted by atomic mass is 35.5. The Kier molecular flexibility index (Phi) is 7.06. The standard InChI is InChI=1S/C16H19N3O4S.ClH/c1-11-8-15(19(20)21)16(9-12(11)2)24(22,23)18-10-14(17)13-6-4-3-5-7-13;/h3-9,14,18H,10,17H2,1-2H3;1H. The molecule has 0 fully saturated rings. The van der Waals surface area contributed by atoms with Crippen LogP contribution < -0.4 is 10.5 Å². The van der Waals surface area contributed by atoms with Crippen LogP contribution in [0.5, 0.6) is 0 Å². The number of aryl methyl sites for hydroxylation is 2. The second kappa shape index (κ2) is 8.39. The summed E-state index contributed by atoms with van der Waals surface area (Å²) in [5.41, 5.74) is 7.61. The van der Waals surface area contributed by atoms with E-state index in [-0.39, 0.29) is 23.8 Å². The zero-order valence-electron chi connectivity index (χ0n) is 13.8. The summed E-state index contributed by atoms with van der Waals surface area (Å²) >= 11 is 0. The summed E-state index contributed by atoms with van der Waals surface area (Å²) in [6.07, 6.45) is 0. The zero-order chi connectivity index (χ0) is 17.9. The van der Waals surface area contributed by atoms with E-state index in [1.165, 1.54) is 12.1 Å². The van der Waals surface area contributed by atoms with Crippen molar-refractivity contribution >= 4 is 28.1 Å². The van der Waals surface area contributed by atoms with E-state index >= 15 is 0 Å². The maximum Gasteiger partial charge on any atom is 0.289 e. The van der Waals surface area contributed by atoms with E-state index in [2.05, 4.69) is 4.72 Å². The van der Waals surface area contributed by atoms with E-state index in [1.54, 1.807) is 38.1 Å². The number of nitro groups is 1. The Hall–Kier alpha value is -2.00. The fraction of sp³-hybridized carbons (Fsp3) is 0.250. The van der Waals surface area contributed by atoms with Gasteiger partial charge in [-0.05, 0) is 36.6 Å². The number of nitrogens with zero attached hydrogens (tertiary/aromatic N) is 1. The van der Waals surface area contributed by atoms with Crippen LogP contribution in [0, 0.1) is 24.0 Å². The molecule has 136 valence electrons. The van der Waals surface area contributed by atoms with Gasteiger partial charge in [0.2, 0.25) is 10.0 Å². The Bertz CT molecular complexity index is 857. The Labute approximate surface area is 152 Å². The molecule has 2 aromatic rings. The molecule has 9 heteroatoms. The van der Waals surface area contributed by atoms with E-state index < -0.39 is 26.7 Å². The summed E-state index contributed by atoms with van der Waals surface area (Å²) < 4.78 is 27.3. The molecule has 0 spiro atoms. The molecule has 0 amide bonds. The monoisotopic (exact) mass is 385 g/mol. The first-order valence-corrected chi connectivity index (χ1v) is 8.76. The lowest BCUT2D eigenvalue weighted by atomic mass is 10.1. The fourth-order valence-corrected chi connectivity index (χ4v) is 3.52. The first-order chi connectivity index (χ1) is 11.2. The number of nitro benzene ring substituents is 1. The molecule has 25 heavy (non-hydrogen) atoms. The first kappa shape index (κ1) is 21.0. The van der Waals surface area contributed by atoms with Gasteiger partial charge in [-0.2, -0.15) is 0 Å². The number of hydrogen-bond donors (Lipinski definition) is 2. The lowest BCUT2D eigenvalue weighted by Gasteiger charge is -2.14. The van der Waals surface area contributed by atoms with Gasteiger partial charge in [0.15, 0.2) is 4.90 Å². The topological polar surface area (TPSA) is 115 Å². The smallest absolute Gasteiger partial charge is 0.289 e. The molecule has 0 radical (unpaired) electrons. The van der Waals surface area contributed by atoms with Gasteiger partial charge in [0, 0.05) is 18.7 Å². The van der Waals surface area contributed by atoms with Crippen LogP contribution in [-0.2, 0) is 10.0 Å². The van der Waals surface area contributed by atoms with Crippen molar-refractivity contribution < 1.29 is 13.3 Å². The molecular weight excluding hydrogens is 366 g/mol. The summed E-state index contributed by atoms with van der Waals surface area (Å²) in [5.74, 6) is 0. The van der Waals surface area contributed by atoms with Crippen molar-refractivity contribution in [1.82, 2.24) is 4.72 Å². The minimum Gasteiger partial charge on any atom is -0.323 e. The molecule has 0 aromatic heterocycles. The van der Waals surface area contributed by atoms with Gasteiger partial charge in [0.05, 0.1) is 4.92 Å². The maximum absolute atomic E-state index is 12.5. The number of hydrogen-bond acceptors (Lipinski definition) is 5. The number of halogens is 1. The molecule has 0 saturated carbocycles. The van der Waals surface area contributed by atoms with Crippen LogP contribution in [0.1, 0.15) is 22.7 Å². The Balaban J connectivity index is 0.00000312. The van der Waals surface area contributed by atoms with Crippen molar-refractivity contribution in [1.29, 1.82) is 0 Å². The van der Waals surface area contributed by atoms with E-state index in [0.29, 0.717) is 11.1 Å². The average molecular weight is 386 g/mol. The maximum atomic E-state index is 12.5. The number of nitrogens with one attached hydrogen (secondary N) is 1. The molecular formula is C16H20ClN3O4S. The van der Waals surface area contributed by atoms with Crippen LogP contribution >= 0.6 is 12.4 Å². The molecule has 0 aliphatic rings. The van der Waals surface area contributed by atoms with Gasteiger partial charge >= 0.3 is 0 Å². The van der Waals surface area contributed by atoms with Gasteiger partial charge in [0.25, 0.3) is 5.69 Å². The lowest BCUT2D eigenvalue weighted by Crippen LogP contribution is -2.32. The zero-order valence-corrected chi connectivity index (χ0v) is 15.4. The third kappa shape index (κ3) is 4.99. The average Bonchev–Trinajstić information content (AvgIpc) is 2.55. The van der Waals surface area contributed by atoms with Crippen molar-refractivity contribution in [3.8, 4) is 0 Å². The number of benzene rings is 2. The summed E-state index contributed by atoms with van der Waals surface area (Å²) in [4.78, 5) is 10.1. The minimum absolute atomic E-state index is 0. The largest absolute Gasteiger partial charge is 0.323 e. The molecule has 1 atom stereocenters. The highest BCUT2D eigenvalue weighted by Gasteiger charge is 2.27. The minimum atomic E-state index is -4.05. The van der Waals surface area contributed by atoms with Gasteiger partial charge < -0.3 is 5.73 Å². The molecule has 0 aliphatic carbocycles. The SMILES string of the molecule is Cc1cc([N+](=O)[O-])c(S(=O)(=O)NCC(N)c2ccccc2)cc1C.Cl. The van der Waals surface area contributed by atoms with Crippen LogP contribution in [0.3, 0.4) is 0 Å². The van der Waals surface area contributed by atoms with Gasteiger partial charge in [0.1, 0.15) is 0 Å². The summed E-state index contributed by atoms with van der Waals surface area (Å²) in [6, 6.07) is 11.0. The Morgan fingerprint density at radius 2 is 1.72 bits per heavy atom. The molecule has 0 bridgehead atoms. The van der Waals surface area contributed by atoms with Crippen molar-refractivity contribution in [2.45, 2.75) is 24.8 Å². The molecule has 2 rings (SSSR count). The van der Waals surface area contributed by atoms with Crippen molar-refractivity contribution in [2.24, 2.45) is 5.73 Å². The highest BCUT2D eigenvalue weighted by molar-refractivity contribution is 7.89. The van der Waals surface area contributed by atoms with Crippen molar-refractivity contribution in [3.05, 3.63) is 69.3 Å². The predicted molar refractivity (Wildman–Crippen MR) is 98.4 cm³/mol. The van der Waals surface area contributed by atoms with E-state index in [9.17, 15) is 18.5 Å². The Morgan fingerprint density at radius 3 is 2.28 bits per heavy atom. The van der Waals surface area contributed by atoms with Gasteiger partial charge in [-0.1, -0.05) is 30.3 Å².